The van der Waals surface area contributed by atoms with E-state index in [0.29, 0.717) is 0 Å². The highest BCUT2D eigenvalue weighted by atomic mass is 16.6. The monoisotopic (exact) mass is 432 g/mol. The number of aliphatic carboxylic acids is 1. The van der Waals surface area contributed by atoms with Crippen LogP contribution in [0.25, 0.3) is 11.1 Å². The van der Waals surface area contributed by atoms with Gasteiger partial charge in [-0.25, -0.2) is 4.79 Å². The molecule has 8 nitrogen and oxygen atoms in total. The van der Waals surface area contributed by atoms with E-state index < -0.39 is 29.4 Å². The number of nitro benzene ring substituents is 1. The summed E-state index contributed by atoms with van der Waals surface area (Å²) in [5.41, 5.74) is 4.09. The van der Waals surface area contributed by atoms with Crippen LogP contribution in [0.5, 0.6) is 0 Å². The van der Waals surface area contributed by atoms with Gasteiger partial charge in [-0.1, -0.05) is 66.7 Å². The quantitative estimate of drug-likeness (QED) is 0.414. The van der Waals surface area contributed by atoms with Gasteiger partial charge in [0.15, 0.2) is 0 Å². The lowest BCUT2D eigenvalue weighted by Gasteiger charge is -2.19. The smallest absolute Gasteiger partial charge is 0.407 e. The Morgan fingerprint density at radius 3 is 2.12 bits per heavy atom. The highest BCUT2D eigenvalue weighted by Gasteiger charge is 2.30. The van der Waals surface area contributed by atoms with Crippen LogP contribution in [-0.2, 0) is 9.53 Å². The molecule has 0 spiro atoms. The average molecular weight is 432 g/mol. The Morgan fingerprint density at radius 2 is 1.53 bits per heavy atom. The molecule has 1 unspecified atom stereocenters. The molecule has 3 aromatic carbocycles. The Balaban J connectivity index is 1.52. The van der Waals surface area contributed by atoms with Crippen molar-refractivity contribution < 1.29 is 24.4 Å². The number of ether oxygens (including phenoxy) is 1. The number of carbonyl (C=O) groups excluding carboxylic acids is 1. The zero-order valence-electron chi connectivity index (χ0n) is 16.9. The minimum Gasteiger partial charge on any atom is -0.481 e. The number of carboxylic acids is 1. The Bertz CT molecular complexity index is 1150. The van der Waals surface area contributed by atoms with Gasteiger partial charge in [0.05, 0.1) is 22.9 Å². The second-order valence-corrected chi connectivity index (χ2v) is 7.44. The number of carbonyl (C=O) groups is 2. The van der Waals surface area contributed by atoms with E-state index in [9.17, 15) is 24.8 Å². The molecule has 1 aliphatic rings. The first-order valence-corrected chi connectivity index (χ1v) is 10.0. The molecule has 0 aromatic heterocycles. The van der Waals surface area contributed by atoms with Gasteiger partial charge in [0.1, 0.15) is 6.61 Å². The van der Waals surface area contributed by atoms with E-state index in [1.165, 1.54) is 18.2 Å². The van der Waals surface area contributed by atoms with Crippen molar-refractivity contribution in [3.05, 3.63) is 99.6 Å². The van der Waals surface area contributed by atoms with Crippen molar-refractivity contribution in [2.45, 2.75) is 18.4 Å². The summed E-state index contributed by atoms with van der Waals surface area (Å²) in [5.74, 6) is -1.36. The van der Waals surface area contributed by atoms with Crippen LogP contribution in [0, 0.1) is 10.1 Å². The summed E-state index contributed by atoms with van der Waals surface area (Å²) in [6.07, 6.45) is -1.36. The molecule has 0 fully saturated rings. The van der Waals surface area contributed by atoms with Gasteiger partial charge in [-0.3, -0.25) is 14.9 Å². The molecule has 0 radical (unpaired) electrons. The van der Waals surface area contributed by atoms with Crippen molar-refractivity contribution in [1.82, 2.24) is 5.32 Å². The van der Waals surface area contributed by atoms with Crippen molar-refractivity contribution in [2.75, 3.05) is 6.61 Å². The molecule has 2 N–H and O–H groups in total. The highest BCUT2D eigenvalue weighted by molar-refractivity contribution is 5.79. The Kier molecular flexibility index (Phi) is 5.85. The molecule has 32 heavy (non-hydrogen) atoms. The summed E-state index contributed by atoms with van der Waals surface area (Å²) in [7, 11) is 0. The molecule has 4 rings (SSSR count). The van der Waals surface area contributed by atoms with Gasteiger partial charge in [0, 0.05) is 12.0 Å². The number of carboxylic acid groups (broad SMARTS) is 1. The summed E-state index contributed by atoms with van der Waals surface area (Å²) in [6.45, 7) is 0.0521. The van der Waals surface area contributed by atoms with Gasteiger partial charge >= 0.3 is 12.1 Å². The molecule has 0 bridgehead atoms. The molecule has 3 aromatic rings. The van der Waals surface area contributed by atoms with Gasteiger partial charge in [0.25, 0.3) is 5.69 Å². The Morgan fingerprint density at radius 1 is 0.969 bits per heavy atom. The number of amides is 1. The zero-order chi connectivity index (χ0) is 22.7. The van der Waals surface area contributed by atoms with Crippen LogP contribution >= 0.6 is 0 Å². The topological polar surface area (TPSA) is 119 Å². The summed E-state index contributed by atoms with van der Waals surface area (Å²) in [5, 5.41) is 23.1. The Hall–Kier alpha value is -4.20. The van der Waals surface area contributed by atoms with Gasteiger partial charge in [-0.15, -0.1) is 0 Å². The number of benzene rings is 3. The molecular formula is C24H20N2O6. The Labute approximate surface area is 183 Å². The van der Waals surface area contributed by atoms with Crippen molar-refractivity contribution in [3.63, 3.8) is 0 Å². The van der Waals surface area contributed by atoms with E-state index in [0.717, 1.165) is 22.3 Å². The molecule has 0 aliphatic heterocycles. The van der Waals surface area contributed by atoms with Crippen LogP contribution in [0.4, 0.5) is 10.5 Å². The van der Waals surface area contributed by atoms with Gasteiger partial charge in [-0.05, 0) is 22.3 Å². The van der Waals surface area contributed by atoms with E-state index >= 15 is 0 Å². The average Bonchev–Trinajstić information content (AvgIpc) is 3.11. The van der Waals surface area contributed by atoms with Gasteiger partial charge in [0.2, 0.25) is 0 Å². The first-order valence-electron chi connectivity index (χ1n) is 10.0. The second-order valence-electron chi connectivity index (χ2n) is 7.44. The number of rotatable bonds is 7. The lowest BCUT2D eigenvalue weighted by Crippen LogP contribution is -2.32. The zero-order valence-corrected chi connectivity index (χ0v) is 16.9. The minimum absolute atomic E-state index is 0.0521. The fraction of sp³-hybridized carbons (Fsp3) is 0.167. The molecule has 0 saturated carbocycles. The molecule has 1 atom stereocenters. The maximum absolute atomic E-state index is 12.6. The number of nitrogens with one attached hydrogen (secondary N) is 1. The summed E-state index contributed by atoms with van der Waals surface area (Å²) < 4.78 is 5.46. The molecule has 1 amide bonds. The van der Waals surface area contributed by atoms with E-state index in [1.807, 2.05) is 48.5 Å². The fourth-order valence-corrected chi connectivity index (χ4v) is 4.14. The normalized spacial score (nSPS) is 13.0. The first-order chi connectivity index (χ1) is 15.5. The predicted octanol–water partition coefficient (Wildman–Crippen LogP) is 4.65. The largest absolute Gasteiger partial charge is 0.481 e. The third-order valence-corrected chi connectivity index (χ3v) is 5.52. The SMILES string of the molecule is O=C(O)CC(NC(=O)OCC1c2ccccc2-c2ccccc21)c1ccccc1[N+](=O)[O-]. The molecule has 162 valence electrons. The van der Waals surface area contributed by atoms with Crippen LogP contribution in [-0.4, -0.2) is 28.7 Å². The number of fused-ring (bicyclic) bond motifs is 3. The maximum Gasteiger partial charge on any atom is 0.407 e. The van der Waals surface area contributed by atoms with Crippen LogP contribution in [0.1, 0.15) is 35.1 Å². The predicted molar refractivity (Wildman–Crippen MR) is 116 cm³/mol. The van der Waals surface area contributed by atoms with Crippen molar-refractivity contribution >= 4 is 17.7 Å². The van der Waals surface area contributed by atoms with Crippen LogP contribution in [0.3, 0.4) is 0 Å². The number of alkyl carbamates (subject to hydrolysis) is 1. The van der Waals surface area contributed by atoms with Crippen molar-refractivity contribution in [2.24, 2.45) is 0 Å². The summed E-state index contributed by atoms with van der Waals surface area (Å²) >= 11 is 0. The first kappa shape index (κ1) is 21.0. The lowest BCUT2D eigenvalue weighted by atomic mass is 9.98. The number of nitro groups is 1. The van der Waals surface area contributed by atoms with E-state index in [4.69, 9.17) is 4.74 Å². The van der Waals surface area contributed by atoms with Gasteiger partial charge < -0.3 is 15.2 Å². The van der Waals surface area contributed by atoms with E-state index in [1.54, 1.807) is 6.07 Å². The van der Waals surface area contributed by atoms with Crippen molar-refractivity contribution in [1.29, 1.82) is 0 Å². The number of para-hydroxylation sites is 1. The maximum atomic E-state index is 12.6. The van der Waals surface area contributed by atoms with Crippen LogP contribution < -0.4 is 5.32 Å². The number of hydrogen-bond donors (Lipinski definition) is 2. The minimum atomic E-state index is -1.20. The van der Waals surface area contributed by atoms with Crippen LogP contribution in [0.2, 0.25) is 0 Å². The third kappa shape index (κ3) is 4.15. The third-order valence-electron chi connectivity index (χ3n) is 5.52. The molecule has 8 heteroatoms. The van der Waals surface area contributed by atoms with E-state index in [-0.39, 0.29) is 23.8 Å². The number of hydrogen-bond acceptors (Lipinski definition) is 5. The summed E-state index contributed by atoms with van der Waals surface area (Å²) in [6, 6.07) is 20.4. The van der Waals surface area contributed by atoms with Crippen LogP contribution in [0.15, 0.2) is 72.8 Å². The molecule has 0 saturated heterocycles. The van der Waals surface area contributed by atoms with Crippen molar-refractivity contribution in [3.8, 4) is 11.1 Å². The summed E-state index contributed by atoms with van der Waals surface area (Å²) in [4.78, 5) is 34.6. The lowest BCUT2D eigenvalue weighted by molar-refractivity contribution is -0.385. The standard InChI is InChI=1S/C24H20N2O6/c27-23(28)13-21(19-11-5-6-12-22(19)26(30)31)25-24(29)32-14-20-17-9-3-1-7-15(17)16-8-2-4-10-18(16)20/h1-12,20-21H,13-14H2,(H,25,29)(H,27,28). The highest BCUT2D eigenvalue weighted by Crippen LogP contribution is 2.44. The molecule has 0 heterocycles. The van der Waals surface area contributed by atoms with E-state index in [2.05, 4.69) is 5.32 Å². The fourth-order valence-electron chi connectivity index (χ4n) is 4.14. The second kappa shape index (κ2) is 8.89. The van der Waals surface area contributed by atoms with Gasteiger partial charge in [-0.2, -0.15) is 0 Å². The molecular weight excluding hydrogens is 412 g/mol. The molecule has 1 aliphatic carbocycles. The number of nitrogens with zero attached hydrogens (tertiary/aromatic N) is 1.